The van der Waals surface area contributed by atoms with Crippen LogP contribution < -0.4 is 5.73 Å². The van der Waals surface area contributed by atoms with Crippen molar-refractivity contribution in [3.05, 3.63) is 28.2 Å². The van der Waals surface area contributed by atoms with Gasteiger partial charge in [0.15, 0.2) is 0 Å². The molecule has 1 amide bonds. The third-order valence-electron chi connectivity index (χ3n) is 2.68. The van der Waals surface area contributed by atoms with E-state index in [4.69, 9.17) is 10.8 Å². The molecule has 0 saturated carbocycles. The molecule has 5 heteroatoms. The molecule has 18 heavy (non-hydrogen) atoms. The molecule has 0 aromatic heterocycles. The van der Waals surface area contributed by atoms with Gasteiger partial charge in [0, 0.05) is 28.8 Å². The zero-order valence-electron chi connectivity index (χ0n) is 10.5. The van der Waals surface area contributed by atoms with Gasteiger partial charge in [-0.25, -0.2) is 0 Å². The lowest BCUT2D eigenvalue weighted by Gasteiger charge is -2.21. The van der Waals surface area contributed by atoms with Gasteiger partial charge in [-0.2, -0.15) is 0 Å². The number of carbonyl (C=O) groups excluding carboxylic acids is 1. The minimum atomic E-state index is -0.0864. The molecule has 0 aliphatic heterocycles. The number of rotatable bonds is 6. The number of unbranched alkanes of at least 4 members (excludes halogenated alkanes) is 1. The number of hydrogen-bond donors (Lipinski definition) is 2. The summed E-state index contributed by atoms with van der Waals surface area (Å²) in [5, 5.41) is 9.00. The van der Waals surface area contributed by atoms with Crippen LogP contribution >= 0.6 is 15.9 Å². The van der Waals surface area contributed by atoms with E-state index >= 15 is 0 Å². The molecule has 100 valence electrons. The molecule has 1 rings (SSSR count). The Morgan fingerprint density at radius 2 is 2.17 bits per heavy atom. The third-order valence-corrected chi connectivity index (χ3v) is 3.40. The van der Waals surface area contributed by atoms with Crippen LogP contribution in [0.25, 0.3) is 0 Å². The molecule has 0 aliphatic rings. The number of anilines is 1. The maximum atomic E-state index is 12.2. The van der Waals surface area contributed by atoms with Crippen molar-refractivity contribution in [1.82, 2.24) is 4.90 Å². The second-order valence-electron chi connectivity index (χ2n) is 4.11. The van der Waals surface area contributed by atoms with Crippen molar-refractivity contribution in [3.63, 3.8) is 0 Å². The van der Waals surface area contributed by atoms with Crippen LogP contribution in [0.15, 0.2) is 22.7 Å². The number of carbonyl (C=O) groups is 1. The first-order chi connectivity index (χ1) is 8.60. The molecule has 1 aromatic carbocycles. The van der Waals surface area contributed by atoms with Crippen LogP contribution in [0.4, 0.5) is 5.69 Å². The van der Waals surface area contributed by atoms with Gasteiger partial charge in [0.05, 0.1) is 6.61 Å². The van der Waals surface area contributed by atoms with Crippen molar-refractivity contribution in [2.45, 2.75) is 19.8 Å². The zero-order valence-corrected chi connectivity index (χ0v) is 12.1. The van der Waals surface area contributed by atoms with Crippen LogP contribution in [0.5, 0.6) is 0 Å². The molecule has 0 heterocycles. The maximum Gasteiger partial charge on any atom is 0.254 e. The Balaban J connectivity index is 2.83. The van der Waals surface area contributed by atoms with Gasteiger partial charge in [-0.15, -0.1) is 0 Å². The molecular weight excluding hydrogens is 296 g/mol. The van der Waals surface area contributed by atoms with E-state index in [1.54, 1.807) is 23.1 Å². The van der Waals surface area contributed by atoms with E-state index in [1.165, 1.54) is 0 Å². The molecule has 0 unspecified atom stereocenters. The van der Waals surface area contributed by atoms with Crippen molar-refractivity contribution in [3.8, 4) is 0 Å². The second-order valence-corrected chi connectivity index (χ2v) is 4.96. The van der Waals surface area contributed by atoms with Gasteiger partial charge in [0.2, 0.25) is 0 Å². The summed E-state index contributed by atoms with van der Waals surface area (Å²) in [6.07, 6.45) is 1.94. The van der Waals surface area contributed by atoms with Crippen LogP contribution in [-0.4, -0.2) is 35.6 Å². The molecule has 4 nitrogen and oxygen atoms in total. The number of nitrogens with zero attached hydrogens (tertiary/aromatic N) is 1. The van der Waals surface area contributed by atoms with Crippen molar-refractivity contribution < 1.29 is 9.90 Å². The van der Waals surface area contributed by atoms with E-state index in [1.807, 2.05) is 0 Å². The molecule has 0 fully saturated rings. The average molecular weight is 315 g/mol. The highest BCUT2D eigenvalue weighted by Gasteiger charge is 2.15. The summed E-state index contributed by atoms with van der Waals surface area (Å²) in [5.41, 5.74) is 6.86. The summed E-state index contributed by atoms with van der Waals surface area (Å²) >= 11 is 3.30. The molecule has 0 aliphatic carbocycles. The fourth-order valence-electron chi connectivity index (χ4n) is 1.64. The Labute approximate surface area is 116 Å². The topological polar surface area (TPSA) is 66.6 Å². The van der Waals surface area contributed by atoms with Gasteiger partial charge in [-0.3, -0.25) is 4.79 Å². The van der Waals surface area contributed by atoms with E-state index in [2.05, 4.69) is 22.9 Å². The SMILES string of the molecule is CCCCN(CCO)C(=O)c1ccc(Br)c(N)c1. The largest absolute Gasteiger partial charge is 0.398 e. The predicted molar refractivity (Wildman–Crippen MR) is 76.5 cm³/mol. The summed E-state index contributed by atoms with van der Waals surface area (Å²) < 4.78 is 0.779. The summed E-state index contributed by atoms with van der Waals surface area (Å²) in [7, 11) is 0. The molecule has 0 spiro atoms. The van der Waals surface area contributed by atoms with Crippen LogP contribution in [0.3, 0.4) is 0 Å². The number of nitrogen functional groups attached to an aromatic ring is 1. The highest BCUT2D eigenvalue weighted by molar-refractivity contribution is 9.10. The first-order valence-corrected chi connectivity index (χ1v) is 6.84. The molecule has 0 saturated heterocycles. The van der Waals surface area contributed by atoms with E-state index in [-0.39, 0.29) is 12.5 Å². The molecular formula is C13H19BrN2O2. The Hall–Kier alpha value is -1.07. The smallest absolute Gasteiger partial charge is 0.254 e. The number of amides is 1. The van der Waals surface area contributed by atoms with Gasteiger partial charge in [0.1, 0.15) is 0 Å². The number of aliphatic hydroxyl groups excluding tert-OH is 1. The number of nitrogens with two attached hydrogens (primary N) is 1. The normalized spacial score (nSPS) is 10.4. The molecule has 3 N–H and O–H groups in total. The van der Waals surface area contributed by atoms with Gasteiger partial charge in [-0.1, -0.05) is 13.3 Å². The van der Waals surface area contributed by atoms with Crippen molar-refractivity contribution >= 4 is 27.5 Å². The zero-order chi connectivity index (χ0) is 13.5. The number of benzene rings is 1. The monoisotopic (exact) mass is 314 g/mol. The van der Waals surface area contributed by atoms with E-state index in [0.29, 0.717) is 24.3 Å². The standard InChI is InChI=1S/C13H19BrN2O2/c1-2-3-6-16(7-8-17)13(18)10-4-5-11(14)12(15)9-10/h4-5,9,17H,2-3,6-8,15H2,1H3. The molecule has 1 aromatic rings. The summed E-state index contributed by atoms with van der Waals surface area (Å²) in [5.74, 6) is -0.0864. The lowest BCUT2D eigenvalue weighted by molar-refractivity contribution is 0.0719. The van der Waals surface area contributed by atoms with Crippen LogP contribution in [0, 0.1) is 0 Å². The summed E-state index contributed by atoms with van der Waals surface area (Å²) in [6, 6.07) is 5.15. The third kappa shape index (κ3) is 3.99. The fraction of sp³-hybridized carbons (Fsp3) is 0.462. The highest BCUT2D eigenvalue weighted by Crippen LogP contribution is 2.21. The number of halogens is 1. The first kappa shape index (κ1) is 15.0. The van der Waals surface area contributed by atoms with E-state index in [0.717, 1.165) is 17.3 Å². The minimum Gasteiger partial charge on any atom is -0.398 e. The fourth-order valence-corrected chi connectivity index (χ4v) is 1.89. The number of hydrogen-bond acceptors (Lipinski definition) is 3. The van der Waals surface area contributed by atoms with Crippen molar-refractivity contribution in [1.29, 1.82) is 0 Å². The van der Waals surface area contributed by atoms with Crippen LogP contribution in [0.1, 0.15) is 30.1 Å². The van der Waals surface area contributed by atoms with Crippen molar-refractivity contribution in [2.75, 3.05) is 25.4 Å². The summed E-state index contributed by atoms with van der Waals surface area (Å²) in [6.45, 7) is 3.06. The second kappa shape index (κ2) is 7.38. The van der Waals surface area contributed by atoms with E-state index in [9.17, 15) is 4.79 Å². The lowest BCUT2D eigenvalue weighted by atomic mass is 10.1. The van der Waals surface area contributed by atoms with Gasteiger partial charge >= 0.3 is 0 Å². The Kier molecular flexibility index (Phi) is 6.15. The van der Waals surface area contributed by atoms with Crippen molar-refractivity contribution in [2.24, 2.45) is 0 Å². The number of aliphatic hydroxyl groups is 1. The lowest BCUT2D eigenvalue weighted by Crippen LogP contribution is -2.34. The predicted octanol–water partition coefficient (Wildman–Crippen LogP) is 2.27. The minimum absolute atomic E-state index is 0.0263. The maximum absolute atomic E-state index is 12.2. The average Bonchev–Trinajstić information content (AvgIpc) is 2.37. The van der Waals surface area contributed by atoms with Crippen LogP contribution in [-0.2, 0) is 0 Å². The molecule has 0 radical (unpaired) electrons. The van der Waals surface area contributed by atoms with Gasteiger partial charge in [-0.05, 0) is 40.5 Å². The molecule has 0 atom stereocenters. The van der Waals surface area contributed by atoms with Crippen LogP contribution in [0.2, 0.25) is 0 Å². The Morgan fingerprint density at radius 3 is 2.72 bits per heavy atom. The quantitative estimate of drug-likeness (QED) is 0.791. The first-order valence-electron chi connectivity index (χ1n) is 6.05. The highest BCUT2D eigenvalue weighted by atomic mass is 79.9. The van der Waals surface area contributed by atoms with Gasteiger partial charge in [0.25, 0.3) is 5.91 Å². The Morgan fingerprint density at radius 1 is 1.44 bits per heavy atom. The van der Waals surface area contributed by atoms with E-state index < -0.39 is 0 Å². The van der Waals surface area contributed by atoms with Gasteiger partial charge < -0.3 is 15.7 Å². The Bertz CT molecular complexity index is 410. The summed E-state index contributed by atoms with van der Waals surface area (Å²) in [4.78, 5) is 13.9. The molecule has 0 bridgehead atoms.